The number of hydrogen-bond acceptors (Lipinski definition) is 6. The van der Waals surface area contributed by atoms with Crippen LogP contribution in [-0.2, 0) is 16.2 Å². The Hall–Kier alpha value is -2.16. The molecule has 0 aliphatic rings. The molecule has 1 aromatic rings. The zero-order chi connectivity index (χ0) is 17.5. The van der Waals surface area contributed by atoms with Gasteiger partial charge in [0.2, 0.25) is 10.8 Å². The van der Waals surface area contributed by atoms with Crippen LogP contribution in [0.3, 0.4) is 0 Å². The lowest BCUT2D eigenvalue weighted by Crippen LogP contribution is -2.24. The summed E-state index contributed by atoms with van der Waals surface area (Å²) >= 11 is 0. The normalized spacial score (nSPS) is 13.0. The molecule has 0 unspecified atom stereocenters. The minimum atomic E-state index is -5.63. The molecule has 0 spiro atoms. The molecule has 0 fully saturated rings. The van der Waals surface area contributed by atoms with Gasteiger partial charge in [-0.1, -0.05) is 0 Å². The third-order valence-corrected chi connectivity index (χ3v) is 2.71. The molecule has 0 aliphatic heterocycles. The summed E-state index contributed by atoms with van der Waals surface area (Å²) in [4.78, 5) is 11.3. The Morgan fingerprint density at radius 1 is 1.23 bits per heavy atom. The van der Waals surface area contributed by atoms with Crippen molar-refractivity contribution in [2.45, 2.75) is 17.6 Å². The van der Waals surface area contributed by atoms with Crippen molar-refractivity contribution in [1.82, 2.24) is 4.98 Å². The minimum Gasteiger partial charge on any atom is -0.395 e. The number of alkyl halides is 6. The average molecular weight is 355 g/mol. The van der Waals surface area contributed by atoms with Crippen LogP contribution in [0.5, 0.6) is 5.75 Å². The van der Waals surface area contributed by atoms with Gasteiger partial charge in [0.25, 0.3) is 10.0 Å². The number of sulfonamides is 1. The first-order chi connectivity index (χ1) is 9.63. The second kappa shape index (κ2) is 5.24. The average Bonchev–Trinajstić information content (AvgIpc) is 2.23. The van der Waals surface area contributed by atoms with Crippen LogP contribution in [0.25, 0.3) is 0 Å². The van der Waals surface area contributed by atoms with E-state index in [0.29, 0.717) is 0 Å². The van der Waals surface area contributed by atoms with Crippen LogP contribution >= 0.6 is 0 Å². The summed E-state index contributed by atoms with van der Waals surface area (Å²) in [6.45, 7) is 0. The maximum atomic E-state index is 12.5. The third kappa shape index (κ3) is 4.17. The van der Waals surface area contributed by atoms with Gasteiger partial charge in [-0.3, -0.25) is 10.1 Å². The number of ether oxygens (including phenoxy) is 1. The summed E-state index contributed by atoms with van der Waals surface area (Å²) in [6.07, 6.45) is -11.0. The fourth-order valence-corrected chi connectivity index (χ4v) is 1.81. The number of pyridine rings is 1. The van der Waals surface area contributed by atoms with Gasteiger partial charge in [-0.15, -0.1) is 13.2 Å². The molecule has 1 heterocycles. The number of hydrogen-bond donors (Lipinski definition) is 1. The molecule has 22 heavy (non-hydrogen) atoms. The van der Waals surface area contributed by atoms with Gasteiger partial charge in [0, 0.05) is 0 Å². The largest absolute Gasteiger partial charge is 0.573 e. The fraction of sp³-hybridized carbons (Fsp3) is 0.286. The fourth-order valence-electron chi connectivity index (χ4n) is 1.18. The Morgan fingerprint density at radius 3 is 2.05 bits per heavy atom. The lowest BCUT2D eigenvalue weighted by molar-refractivity contribution is -0.389. The number of aromatic nitrogens is 1. The first-order valence-corrected chi connectivity index (χ1v) is 6.22. The van der Waals surface area contributed by atoms with Crippen LogP contribution < -0.4 is 9.88 Å². The Balaban J connectivity index is 3.83. The summed E-state index contributed by atoms with van der Waals surface area (Å²) < 4.78 is 99.2. The van der Waals surface area contributed by atoms with Crippen molar-refractivity contribution >= 4 is 15.7 Å². The van der Waals surface area contributed by atoms with Gasteiger partial charge < -0.3 is 4.74 Å². The zero-order valence-corrected chi connectivity index (χ0v) is 10.6. The lowest BCUT2D eigenvalue weighted by atomic mass is 10.3. The highest BCUT2D eigenvalue weighted by atomic mass is 32.2. The predicted molar refractivity (Wildman–Crippen MR) is 53.9 cm³/mol. The highest BCUT2D eigenvalue weighted by Gasteiger charge is 2.43. The molecule has 124 valence electrons. The number of primary sulfonamides is 1. The van der Waals surface area contributed by atoms with Gasteiger partial charge in [-0.25, -0.2) is 18.5 Å². The van der Waals surface area contributed by atoms with Crippen molar-refractivity contribution in [1.29, 1.82) is 0 Å². The maximum absolute atomic E-state index is 12.5. The molecule has 2 N–H and O–H groups in total. The van der Waals surface area contributed by atoms with E-state index in [1.54, 1.807) is 0 Å². The van der Waals surface area contributed by atoms with Crippen molar-refractivity contribution in [3.8, 4) is 5.75 Å². The van der Waals surface area contributed by atoms with E-state index in [4.69, 9.17) is 0 Å². The minimum absolute atomic E-state index is 0.407. The highest BCUT2D eigenvalue weighted by molar-refractivity contribution is 7.89. The Kier molecular flexibility index (Phi) is 4.26. The van der Waals surface area contributed by atoms with E-state index in [-0.39, 0.29) is 0 Å². The predicted octanol–water partition coefficient (Wildman–Crippen LogP) is 1.55. The van der Waals surface area contributed by atoms with Crippen molar-refractivity contribution in [3.05, 3.63) is 21.9 Å². The molecule has 1 rings (SSSR count). The smallest absolute Gasteiger partial charge is 0.395 e. The molecule has 0 saturated heterocycles. The SMILES string of the molecule is NS(=O)(=O)c1nc(C(F)(F)F)cc([N+](=O)[O-])c1OC(F)(F)F. The van der Waals surface area contributed by atoms with Crippen LogP contribution in [0.2, 0.25) is 0 Å². The quantitative estimate of drug-likeness (QED) is 0.498. The van der Waals surface area contributed by atoms with Gasteiger partial charge >= 0.3 is 18.2 Å². The molecule has 0 saturated carbocycles. The summed E-state index contributed by atoms with van der Waals surface area (Å²) in [5.74, 6) is -2.06. The molecule has 0 aromatic carbocycles. The molecule has 0 atom stereocenters. The van der Waals surface area contributed by atoms with Crippen LogP contribution in [0.15, 0.2) is 11.1 Å². The van der Waals surface area contributed by atoms with Crippen LogP contribution in [0.1, 0.15) is 5.69 Å². The first kappa shape index (κ1) is 17.9. The van der Waals surface area contributed by atoms with E-state index in [1.807, 2.05) is 0 Å². The molecule has 0 aliphatic carbocycles. The van der Waals surface area contributed by atoms with Crippen molar-refractivity contribution in [2.75, 3.05) is 0 Å². The van der Waals surface area contributed by atoms with Crippen molar-refractivity contribution in [3.63, 3.8) is 0 Å². The van der Waals surface area contributed by atoms with E-state index < -0.39 is 55.7 Å². The third-order valence-electron chi connectivity index (χ3n) is 1.90. The monoisotopic (exact) mass is 355 g/mol. The molecule has 0 bridgehead atoms. The molecule has 8 nitrogen and oxygen atoms in total. The Labute approximate surface area is 116 Å². The molecule has 15 heteroatoms. The molecular weight excluding hydrogens is 352 g/mol. The number of rotatable bonds is 3. The van der Waals surface area contributed by atoms with Crippen molar-refractivity contribution < 1.29 is 44.4 Å². The van der Waals surface area contributed by atoms with Gasteiger partial charge in [0.1, 0.15) is 0 Å². The standard InChI is InChI=1S/C7H3F6N3O5S/c8-6(9,10)3-1-2(16(17)18)4(21-7(11,12)13)5(15-3)22(14,19)20/h1H,(H2,14,19,20). The van der Waals surface area contributed by atoms with Crippen LogP contribution in [0.4, 0.5) is 32.0 Å². The molecule has 0 amide bonds. The number of nitro groups is 1. The summed E-state index contributed by atoms with van der Waals surface area (Å²) in [6, 6.07) is -0.407. The highest BCUT2D eigenvalue weighted by Crippen LogP contribution is 2.40. The maximum Gasteiger partial charge on any atom is 0.573 e. The van der Waals surface area contributed by atoms with E-state index in [1.165, 1.54) is 0 Å². The second-order valence-corrected chi connectivity index (χ2v) is 4.99. The number of nitrogens with two attached hydrogens (primary N) is 1. The van der Waals surface area contributed by atoms with Gasteiger partial charge in [-0.2, -0.15) is 13.2 Å². The number of halogens is 6. The second-order valence-electron chi connectivity index (χ2n) is 3.51. The summed E-state index contributed by atoms with van der Waals surface area (Å²) in [5, 5.41) is 13.0. The molecule has 0 radical (unpaired) electrons. The van der Waals surface area contributed by atoms with Gasteiger partial charge in [-0.05, 0) is 0 Å². The van der Waals surface area contributed by atoms with Crippen molar-refractivity contribution in [2.24, 2.45) is 5.14 Å². The van der Waals surface area contributed by atoms with Gasteiger partial charge in [0.15, 0.2) is 5.69 Å². The van der Waals surface area contributed by atoms with Gasteiger partial charge in [0.05, 0.1) is 11.0 Å². The van der Waals surface area contributed by atoms with E-state index >= 15 is 0 Å². The zero-order valence-electron chi connectivity index (χ0n) is 9.77. The summed E-state index contributed by atoms with van der Waals surface area (Å²) in [5.41, 5.74) is -4.04. The van der Waals surface area contributed by atoms with Crippen LogP contribution in [0, 0.1) is 10.1 Å². The van der Waals surface area contributed by atoms with E-state index in [2.05, 4.69) is 14.9 Å². The van der Waals surface area contributed by atoms with Crippen LogP contribution in [-0.4, -0.2) is 24.7 Å². The molecular formula is C7H3F6N3O5S. The van der Waals surface area contributed by atoms with E-state index in [0.717, 1.165) is 0 Å². The van der Waals surface area contributed by atoms with E-state index in [9.17, 15) is 44.9 Å². The molecule has 1 aromatic heterocycles. The Morgan fingerprint density at radius 2 is 1.73 bits per heavy atom. The number of nitrogens with zero attached hydrogens (tertiary/aromatic N) is 2. The lowest BCUT2D eigenvalue weighted by Gasteiger charge is -2.13. The first-order valence-electron chi connectivity index (χ1n) is 4.68. The Bertz CT molecular complexity index is 713. The topological polar surface area (TPSA) is 125 Å². The summed E-state index contributed by atoms with van der Waals surface area (Å²) in [7, 11) is -5.29.